The van der Waals surface area contributed by atoms with Crippen molar-refractivity contribution in [3.63, 3.8) is 0 Å². The minimum Gasteiger partial charge on any atom is -0.507 e. The minimum absolute atomic E-state index is 0.342. The first-order chi connectivity index (χ1) is 7.00. The van der Waals surface area contributed by atoms with Crippen molar-refractivity contribution >= 4 is 17.5 Å². The molecule has 0 aliphatic rings. The highest BCUT2D eigenvalue weighted by molar-refractivity contribution is 6.38. The number of hydrogen-bond acceptors (Lipinski definition) is 3. The van der Waals surface area contributed by atoms with Crippen LogP contribution in [-0.4, -0.2) is 22.0 Å². The van der Waals surface area contributed by atoms with Crippen LogP contribution in [0.2, 0.25) is 0 Å². The molecule has 2 N–H and O–H groups in total. The van der Waals surface area contributed by atoms with E-state index in [0.717, 1.165) is 5.56 Å². The van der Waals surface area contributed by atoms with E-state index in [2.05, 4.69) is 0 Å². The lowest BCUT2D eigenvalue weighted by Gasteiger charge is -2.00. The molecule has 0 saturated heterocycles. The maximum absolute atomic E-state index is 10.8. The molecule has 0 saturated carbocycles. The van der Waals surface area contributed by atoms with Gasteiger partial charge in [-0.15, -0.1) is 0 Å². The third-order valence-electron chi connectivity index (χ3n) is 1.79. The van der Waals surface area contributed by atoms with Gasteiger partial charge in [-0.05, 0) is 13.0 Å². The van der Waals surface area contributed by atoms with Crippen LogP contribution in [0.25, 0.3) is 5.76 Å². The number of benzene rings is 1. The molecule has 0 aliphatic heterocycles. The molecular formula is C11H10O4. The number of carboxylic acids is 1. The van der Waals surface area contributed by atoms with Crippen LogP contribution in [0.15, 0.2) is 30.3 Å². The van der Waals surface area contributed by atoms with Gasteiger partial charge in [0, 0.05) is 11.6 Å². The summed E-state index contributed by atoms with van der Waals surface area (Å²) >= 11 is 0. The van der Waals surface area contributed by atoms with Crippen LogP contribution in [0, 0.1) is 6.92 Å². The Balaban J connectivity index is 2.99. The predicted octanol–water partition coefficient (Wildman–Crippen LogP) is 1.55. The second kappa shape index (κ2) is 4.41. The summed E-state index contributed by atoms with van der Waals surface area (Å²) in [6.45, 7) is 1.83. The number of aryl methyl sites for hydroxylation is 1. The van der Waals surface area contributed by atoms with E-state index in [-0.39, 0.29) is 5.76 Å². The lowest BCUT2D eigenvalue weighted by atomic mass is 10.1. The zero-order valence-corrected chi connectivity index (χ0v) is 8.10. The van der Waals surface area contributed by atoms with Gasteiger partial charge in [-0.2, -0.15) is 0 Å². The number of carboxylic acid groups (broad SMARTS) is 1. The molecule has 1 rings (SSSR count). The molecule has 0 aromatic heterocycles. The zero-order valence-electron chi connectivity index (χ0n) is 8.10. The van der Waals surface area contributed by atoms with E-state index in [4.69, 9.17) is 5.11 Å². The van der Waals surface area contributed by atoms with Gasteiger partial charge in [-0.25, -0.2) is 4.79 Å². The van der Waals surface area contributed by atoms with Crippen LogP contribution in [0.5, 0.6) is 0 Å². The molecule has 0 aliphatic carbocycles. The Labute approximate surface area is 86.5 Å². The molecule has 0 unspecified atom stereocenters. The highest BCUT2D eigenvalue weighted by Gasteiger charge is 2.10. The summed E-state index contributed by atoms with van der Waals surface area (Å²) in [7, 11) is 0. The van der Waals surface area contributed by atoms with Crippen molar-refractivity contribution in [1.82, 2.24) is 0 Å². The van der Waals surface area contributed by atoms with Gasteiger partial charge in [0.1, 0.15) is 5.76 Å². The molecule has 0 fully saturated rings. The van der Waals surface area contributed by atoms with Gasteiger partial charge >= 0.3 is 5.97 Å². The van der Waals surface area contributed by atoms with Crippen LogP contribution in [-0.2, 0) is 9.59 Å². The summed E-state index contributed by atoms with van der Waals surface area (Å²) < 4.78 is 0. The highest BCUT2D eigenvalue weighted by Crippen LogP contribution is 2.12. The summed E-state index contributed by atoms with van der Waals surface area (Å²) in [5.74, 6) is -3.07. The molecule has 0 heterocycles. The van der Waals surface area contributed by atoms with Gasteiger partial charge in [0.05, 0.1) is 0 Å². The number of carbonyl (C=O) groups excluding carboxylic acids is 1. The molecule has 0 radical (unpaired) electrons. The highest BCUT2D eigenvalue weighted by atomic mass is 16.4. The van der Waals surface area contributed by atoms with Crippen molar-refractivity contribution < 1.29 is 19.8 Å². The number of rotatable bonds is 3. The fraction of sp³-hybridized carbons (Fsp3) is 0.0909. The van der Waals surface area contributed by atoms with Crippen LogP contribution >= 0.6 is 0 Å². The van der Waals surface area contributed by atoms with Crippen LogP contribution in [0.4, 0.5) is 0 Å². The lowest BCUT2D eigenvalue weighted by molar-refractivity contribution is -0.146. The van der Waals surface area contributed by atoms with Crippen molar-refractivity contribution in [3.05, 3.63) is 41.5 Å². The van der Waals surface area contributed by atoms with Crippen LogP contribution < -0.4 is 0 Å². The number of hydrogen-bond donors (Lipinski definition) is 2. The Hall–Kier alpha value is -2.10. The molecule has 1 aromatic carbocycles. The van der Waals surface area contributed by atoms with Gasteiger partial charge in [0.15, 0.2) is 0 Å². The summed E-state index contributed by atoms with van der Waals surface area (Å²) in [4.78, 5) is 21.0. The third kappa shape index (κ3) is 2.95. The molecule has 0 atom stereocenters. The molecule has 0 amide bonds. The van der Waals surface area contributed by atoms with E-state index < -0.39 is 11.8 Å². The topological polar surface area (TPSA) is 74.6 Å². The van der Waals surface area contributed by atoms with E-state index in [9.17, 15) is 14.7 Å². The fourth-order valence-corrected chi connectivity index (χ4v) is 1.07. The molecule has 0 spiro atoms. The van der Waals surface area contributed by atoms with Crippen molar-refractivity contribution in [1.29, 1.82) is 0 Å². The number of aliphatic hydroxyl groups is 1. The van der Waals surface area contributed by atoms with E-state index >= 15 is 0 Å². The maximum atomic E-state index is 10.8. The SMILES string of the molecule is Cc1cccc(C(O)=CC(=O)C(=O)O)c1. The lowest BCUT2D eigenvalue weighted by Crippen LogP contribution is -2.09. The van der Waals surface area contributed by atoms with Crippen molar-refractivity contribution in [3.8, 4) is 0 Å². The number of aliphatic carboxylic acids is 1. The first-order valence-electron chi connectivity index (χ1n) is 4.25. The molecular weight excluding hydrogens is 196 g/mol. The molecule has 4 nitrogen and oxygen atoms in total. The second-order valence-corrected chi connectivity index (χ2v) is 3.07. The second-order valence-electron chi connectivity index (χ2n) is 3.07. The van der Waals surface area contributed by atoms with Crippen molar-refractivity contribution in [2.45, 2.75) is 6.92 Å². The quantitative estimate of drug-likeness (QED) is 0.447. The molecule has 78 valence electrons. The normalized spacial score (nSPS) is 11.1. The van der Waals surface area contributed by atoms with Crippen LogP contribution in [0.3, 0.4) is 0 Å². The molecule has 1 aromatic rings. The largest absolute Gasteiger partial charge is 0.507 e. The standard InChI is InChI=1S/C11H10O4/c1-7-3-2-4-8(5-7)9(12)6-10(13)11(14)15/h2-6,12H,1H3,(H,14,15). The average molecular weight is 206 g/mol. The van der Waals surface area contributed by atoms with E-state index in [1.54, 1.807) is 18.2 Å². The smallest absolute Gasteiger partial charge is 0.376 e. The first kappa shape index (κ1) is 11.0. The average Bonchev–Trinajstić information content (AvgIpc) is 2.17. The summed E-state index contributed by atoms with van der Waals surface area (Å²) in [6.07, 6.45) is 0.692. The third-order valence-corrected chi connectivity index (χ3v) is 1.79. The summed E-state index contributed by atoms with van der Waals surface area (Å²) in [6, 6.07) is 6.78. The van der Waals surface area contributed by atoms with Crippen LogP contribution in [0.1, 0.15) is 11.1 Å². The number of ketones is 1. The van der Waals surface area contributed by atoms with Gasteiger partial charge in [-0.3, -0.25) is 4.79 Å². The minimum atomic E-state index is -1.59. The fourth-order valence-electron chi connectivity index (χ4n) is 1.07. The van der Waals surface area contributed by atoms with Gasteiger partial charge < -0.3 is 10.2 Å². The Bertz CT molecular complexity index is 432. The van der Waals surface area contributed by atoms with Crippen molar-refractivity contribution in [2.24, 2.45) is 0 Å². The van der Waals surface area contributed by atoms with Crippen molar-refractivity contribution in [2.75, 3.05) is 0 Å². The number of carbonyl (C=O) groups is 2. The zero-order chi connectivity index (χ0) is 11.4. The van der Waals surface area contributed by atoms with E-state index in [0.29, 0.717) is 11.6 Å². The molecule has 0 bridgehead atoms. The summed E-state index contributed by atoms with van der Waals surface area (Å²) in [5.41, 5.74) is 1.33. The molecule has 15 heavy (non-hydrogen) atoms. The monoisotopic (exact) mass is 206 g/mol. The number of aliphatic hydroxyl groups excluding tert-OH is 1. The summed E-state index contributed by atoms with van der Waals surface area (Å²) in [5, 5.41) is 17.8. The van der Waals surface area contributed by atoms with Gasteiger partial charge in [0.25, 0.3) is 5.78 Å². The Morgan fingerprint density at radius 1 is 1.27 bits per heavy atom. The predicted molar refractivity (Wildman–Crippen MR) is 54.4 cm³/mol. The van der Waals surface area contributed by atoms with E-state index in [1.165, 1.54) is 0 Å². The van der Waals surface area contributed by atoms with E-state index in [1.807, 2.05) is 13.0 Å². The Kier molecular flexibility index (Phi) is 3.23. The van der Waals surface area contributed by atoms with Gasteiger partial charge in [-0.1, -0.05) is 23.8 Å². The maximum Gasteiger partial charge on any atom is 0.376 e. The van der Waals surface area contributed by atoms with Gasteiger partial charge in [0.2, 0.25) is 0 Å². The first-order valence-corrected chi connectivity index (χ1v) is 4.25. The Morgan fingerprint density at radius 3 is 2.47 bits per heavy atom. The Morgan fingerprint density at radius 2 is 1.93 bits per heavy atom. The molecule has 4 heteroatoms.